The van der Waals surface area contributed by atoms with Crippen LogP contribution < -0.4 is 10.6 Å². The van der Waals surface area contributed by atoms with Gasteiger partial charge in [0.2, 0.25) is 5.95 Å². The van der Waals surface area contributed by atoms with E-state index in [1.54, 1.807) is 11.2 Å². The second kappa shape index (κ2) is 5.26. The summed E-state index contributed by atoms with van der Waals surface area (Å²) >= 11 is 7.78. The number of alkyl halides is 1. The van der Waals surface area contributed by atoms with Crippen molar-refractivity contribution in [2.24, 2.45) is 0 Å². The van der Waals surface area contributed by atoms with Crippen LogP contribution in [0.25, 0.3) is 10.9 Å². The Morgan fingerprint density at radius 3 is 3.00 bits per heavy atom. The zero-order valence-corrected chi connectivity index (χ0v) is 14.2. The van der Waals surface area contributed by atoms with Crippen LogP contribution in [0.1, 0.15) is 0 Å². The first-order chi connectivity index (χ1) is 11.0. The molecule has 1 N–H and O–H groups in total. The van der Waals surface area contributed by atoms with E-state index in [2.05, 4.69) is 37.5 Å². The third kappa shape index (κ3) is 2.28. The Bertz CT molecular complexity index is 919. The Labute approximate surface area is 146 Å². The molecule has 1 aliphatic heterocycles. The quantitative estimate of drug-likeness (QED) is 0.408. The van der Waals surface area contributed by atoms with Crippen molar-refractivity contribution >= 4 is 50.9 Å². The van der Waals surface area contributed by atoms with E-state index in [9.17, 15) is 13.6 Å². The molecule has 1 fully saturated rings. The third-order valence-corrected chi connectivity index (χ3v) is 5.47. The molecule has 120 valence electrons. The van der Waals surface area contributed by atoms with E-state index in [0.29, 0.717) is 13.2 Å². The molecule has 2 aromatic rings. The predicted molar refractivity (Wildman–Crippen MR) is 88.1 cm³/mol. The van der Waals surface area contributed by atoms with Crippen molar-refractivity contribution in [2.45, 2.75) is 9.97 Å². The fraction of sp³-hybridized carbons (Fsp3) is 0.308. The van der Waals surface area contributed by atoms with Gasteiger partial charge in [-0.15, -0.1) is 0 Å². The Balaban J connectivity index is 1.99. The number of fused-ring (bicyclic) bond motifs is 2. The number of halogens is 4. The number of pyridine rings is 1. The maximum Gasteiger partial charge on any atom is 0.347 e. The van der Waals surface area contributed by atoms with Crippen LogP contribution in [-0.2, 0) is 4.74 Å². The van der Waals surface area contributed by atoms with E-state index >= 15 is 0 Å². The average Bonchev–Trinajstić information content (AvgIpc) is 3.19. The van der Waals surface area contributed by atoms with Gasteiger partial charge in [-0.1, -0.05) is 34.2 Å². The van der Waals surface area contributed by atoms with Crippen LogP contribution in [0.5, 0.6) is 0 Å². The van der Waals surface area contributed by atoms with Crippen LogP contribution >= 0.6 is 34.2 Å². The number of nitrogens with zero attached hydrogens (tertiary/aromatic N) is 3. The van der Waals surface area contributed by atoms with Crippen molar-refractivity contribution < 1.29 is 13.5 Å². The molecule has 1 aliphatic carbocycles. The van der Waals surface area contributed by atoms with Crippen LogP contribution in [0.2, 0.25) is 5.15 Å². The van der Waals surface area contributed by atoms with Crippen LogP contribution in [-0.4, -0.2) is 38.1 Å². The standard InChI is InChI=1S/C13H8ClF2IN4O2/c14-10-6(15)8-5(11(16)19-10)12(20-13(22)18-8)21-1-2-23-3-4-7(17)9(4)21/h3,7,9H,1-2H2,(H,18,20,22)/t7-,9-/m0/s1. The van der Waals surface area contributed by atoms with Crippen molar-refractivity contribution in [2.75, 3.05) is 18.1 Å². The van der Waals surface area contributed by atoms with Gasteiger partial charge in [0.25, 0.3) is 0 Å². The van der Waals surface area contributed by atoms with Crippen LogP contribution in [0, 0.1) is 11.8 Å². The molecule has 0 saturated heterocycles. The van der Waals surface area contributed by atoms with Gasteiger partial charge in [0.1, 0.15) is 12.4 Å². The minimum atomic E-state index is -0.980. The maximum absolute atomic E-state index is 14.3. The lowest BCUT2D eigenvalue weighted by molar-refractivity contribution is 0.259. The second-order valence-corrected chi connectivity index (χ2v) is 6.85. The Morgan fingerprint density at radius 1 is 1.43 bits per heavy atom. The van der Waals surface area contributed by atoms with Crippen molar-refractivity contribution in [3.63, 3.8) is 0 Å². The summed E-state index contributed by atoms with van der Waals surface area (Å²) in [6.45, 7) is 0.740. The topological polar surface area (TPSA) is 71.1 Å². The number of aromatic amines is 1. The van der Waals surface area contributed by atoms with Crippen LogP contribution in [0.15, 0.2) is 16.6 Å². The first-order valence-corrected chi connectivity index (χ1v) is 8.28. The Hall–Kier alpha value is -1.49. The van der Waals surface area contributed by atoms with Gasteiger partial charge in [0.05, 0.1) is 33.7 Å². The summed E-state index contributed by atoms with van der Waals surface area (Å²) in [5.41, 5.74) is -0.102. The van der Waals surface area contributed by atoms with E-state index < -0.39 is 22.6 Å². The summed E-state index contributed by atoms with van der Waals surface area (Å²) in [6, 6.07) is -0.0614. The number of rotatable bonds is 1. The molecule has 0 radical (unpaired) electrons. The Morgan fingerprint density at radius 2 is 2.22 bits per heavy atom. The highest BCUT2D eigenvalue weighted by molar-refractivity contribution is 14.1. The molecule has 3 heterocycles. The summed E-state index contributed by atoms with van der Waals surface area (Å²) in [5, 5.41) is -0.830. The number of hydrogen-bond donors (Lipinski definition) is 1. The Kier molecular flexibility index (Phi) is 3.45. The summed E-state index contributed by atoms with van der Waals surface area (Å²) in [7, 11) is 0. The zero-order valence-electron chi connectivity index (χ0n) is 11.3. The summed E-state index contributed by atoms with van der Waals surface area (Å²) in [4.78, 5) is 23.0. The van der Waals surface area contributed by atoms with E-state index in [0.717, 1.165) is 5.57 Å². The van der Waals surface area contributed by atoms with E-state index in [-0.39, 0.29) is 26.7 Å². The first-order valence-electron chi connectivity index (χ1n) is 6.66. The zero-order chi connectivity index (χ0) is 16.3. The number of nitrogens with one attached hydrogen (secondary N) is 1. The lowest BCUT2D eigenvalue weighted by Crippen LogP contribution is -2.33. The van der Waals surface area contributed by atoms with Gasteiger partial charge in [-0.05, 0) is 0 Å². The minimum absolute atomic E-state index is 0.0462. The molecular formula is C13H8ClF2IN4O2. The summed E-state index contributed by atoms with van der Waals surface area (Å²) < 4.78 is 34.0. The summed E-state index contributed by atoms with van der Waals surface area (Å²) in [6.07, 6.45) is 1.67. The third-order valence-electron chi connectivity index (χ3n) is 3.82. The lowest BCUT2D eigenvalue weighted by atomic mass is 10.2. The normalized spacial score (nSPS) is 23.1. The minimum Gasteiger partial charge on any atom is -0.499 e. The molecule has 1 saturated carbocycles. The van der Waals surface area contributed by atoms with Crippen LogP contribution in [0.3, 0.4) is 0 Å². The van der Waals surface area contributed by atoms with E-state index in [4.69, 9.17) is 16.3 Å². The number of hydrogen-bond acceptors (Lipinski definition) is 5. The maximum atomic E-state index is 14.3. The average molecular weight is 453 g/mol. The van der Waals surface area contributed by atoms with E-state index in [1.807, 2.05) is 0 Å². The monoisotopic (exact) mass is 452 g/mol. The number of anilines is 1. The van der Waals surface area contributed by atoms with Crippen molar-refractivity contribution in [3.05, 3.63) is 39.2 Å². The summed E-state index contributed by atoms with van der Waals surface area (Å²) in [5.74, 6) is -1.91. The molecule has 0 amide bonds. The molecule has 6 nitrogen and oxygen atoms in total. The second-order valence-electron chi connectivity index (χ2n) is 5.15. The first kappa shape index (κ1) is 15.1. The fourth-order valence-corrected chi connectivity index (χ4v) is 3.99. The van der Waals surface area contributed by atoms with Gasteiger partial charge in [0, 0.05) is 5.57 Å². The van der Waals surface area contributed by atoms with Crippen LogP contribution in [0.4, 0.5) is 14.6 Å². The molecule has 4 rings (SSSR count). The number of aromatic nitrogens is 3. The fourth-order valence-electron chi connectivity index (χ4n) is 2.71. The molecule has 2 aromatic heterocycles. The molecular weight excluding hydrogens is 445 g/mol. The van der Waals surface area contributed by atoms with Gasteiger partial charge in [-0.25, -0.2) is 14.2 Å². The molecule has 0 aromatic carbocycles. The molecule has 2 aliphatic rings. The predicted octanol–water partition coefficient (Wildman–Crippen LogP) is 2.16. The van der Waals surface area contributed by atoms with Crippen molar-refractivity contribution in [3.8, 4) is 0 Å². The van der Waals surface area contributed by atoms with Gasteiger partial charge >= 0.3 is 5.69 Å². The smallest absolute Gasteiger partial charge is 0.347 e. The van der Waals surface area contributed by atoms with Gasteiger partial charge in [-0.3, -0.25) is 0 Å². The van der Waals surface area contributed by atoms with Gasteiger partial charge in [-0.2, -0.15) is 9.37 Å². The molecule has 2 atom stereocenters. The highest BCUT2D eigenvalue weighted by Crippen LogP contribution is 2.46. The molecule has 0 bridgehead atoms. The molecule has 0 spiro atoms. The van der Waals surface area contributed by atoms with Gasteiger partial charge < -0.3 is 14.6 Å². The number of ether oxygens (including phenoxy) is 1. The van der Waals surface area contributed by atoms with E-state index in [1.165, 1.54) is 0 Å². The molecule has 23 heavy (non-hydrogen) atoms. The lowest BCUT2D eigenvalue weighted by Gasteiger charge is -2.23. The van der Waals surface area contributed by atoms with Crippen molar-refractivity contribution in [1.29, 1.82) is 0 Å². The molecule has 10 heteroatoms. The van der Waals surface area contributed by atoms with Crippen molar-refractivity contribution in [1.82, 2.24) is 15.0 Å². The largest absolute Gasteiger partial charge is 0.499 e. The molecule has 0 unspecified atom stereocenters. The highest BCUT2D eigenvalue weighted by atomic mass is 127. The number of H-pyrrole nitrogens is 1. The van der Waals surface area contributed by atoms with Gasteiger partial charge in [0.15, 0.2) is 11.0 Å². The SMILES string of the molecule is O=c1nc(N2CCOC=C3[C@H](I)[C@H]32)c2c(F)nc(Cl)c(F)c2[nH]1. The highest BCUT2D eigenvalue weighted by Gasteiger charge is 2.49.